The van der Waals surface area contributed by atoms with E-state index in [2.05, 4.69) is 20.4 Å². The topological polar surface area (TPSA) is 90.9 Å². The zero-order valence-electron chi connectivity index (χ0n) is 12.0. The molecule has 2 aromatic rings. The van der Waals surface area contributed by atoms with Gasteiger partial charge in [-0.15, -0.1) is 0 Å². The van der Waals surface area contributed by atoms with Crippen molar-refractivity contribution in [2.45, 2.75) is 33.4 Å². The number of hydrogen-bond acceptors (Lipinski definition) is 6. The highest BCUT2D eigenvalue weighted by Gasteiger charge is 2.10. The summed E-state index contributed by atoms with van der Waals surface area (Å²) < 4.78 is 7.39. The molecular weight excluding hydrogens is 256 g/mol. The Bertz CT molecular complexity index is 566. The molecule has 0 aliphatic heterocycles. The van der Waals surface area contributed by atoms with Crippen LogP contribution in [0.4, 0.5) is 11.5 Å². The largest absolute Gasteiger partial charge is 0.473 e. The molecule has 0 unspecified atom stereocenters. The smallest absolute Gasteiger partial charge is 0.242 e. The van der Waals surface area contributed by atoms with Crippen LogP contribution in [0.5, 0.6) is 5.88 Å². The Hall–Kier alpha value is -2.31. The number of anilines is 2. The van der Waals surface area contributed by atoms with Crippen LogP contribution < -0.4 is 15.8 Å². The molecule has 2 aromatic heterocycles. The average Bonchev–Trinajstić information content (AvgIpc) is 2.79. The van der Waals surface area contributed by atoms with Gasteiger partial charge >= 0.3 is 0 Å². The minimum atomic E-state index is 0.0205. The maximum atomic E-state index is 5.98. The van der Waals surface area contributed by atoms with Crippen molar-refractivity contribution in [3.8, 4) is 5.88 Å². The Morgan fingerprint density at radius 2 is 2.20 bits per heavy atom. The third-order valence-corrected chi connectivity index (χ3v) is 2.59. The number of aryl methyl sites for hydroxylation is 1. The molecule has 0 radical (unpaired) electrons. The van der Waals surface area contributed by atoms with Crippen LogP contribution in [0.3, 0.4) is 0 Å². The van der Waals surface area contributed by atoms with Crippen LogP contribution in [0.2, 0.25) is 0 Å². The fourth-order valence-corrected chi connectivity index (χ4v) is 1.72. The molecule has 0 bridgehead atoms. The minimum absolute atomic E-state index is 0.0205. The van der Waals surface area contributed by atoms with Gasteiger partial charge in [0.25, 0.3) is 0 Å². The third kappa shape index (κ3) is 3.59. The Morgan fingerprint density at radius 1 is 1.40 bits per heavy atom. The predicted octanol–water partition coefficient (Wildman–Crippen LogP) is 1.46. The highest BCUT2D eigenvalue weighted by molar-refractivity contribution is 5.66. The summed E-state index contributed by atoms with van der Waals surface area (Å²) >= 11 is 0. The van der Waals surface area contributed by atoms with E-state index in [0.29, 0.717) is 23.9 Å². The summed E-state index contributed by atoms with van der Waals surface area (Å²) in [7, 11) is 0. The fourth-order valence-electron chi connectivity index (χ4n) is 1.72. The molecule has 0 aliphatic rings. The lowest BCUT2D eigenvalue weighted by Gasteiger charge is -2.13. The molecule has 20 heavy (non-hydrogen) atoms. The molecule has 0 spiro atoms. The first kappa shape index (κ1) is 14.1. The molecule has 0 amide bonds. The molecule has 0 saturated heterocycles. The van der Waals surface area contributed by atoms with Crippen LogP contribution in [0.25, 0.3) is 0 Å². The first-order valence-corrected chi connectivity index (χ1v) is 6.56. The van der Waals surface area contributed by atoms with Crippen molar-refractivity contribution in [2.75, 3.05) is 17.6 Å². The number of nitrogens with zero attached hydrogens (tertiary/aromatic N) is 4. The van der Waals surface area contributed by atoms with Gasteiger partial charge in [-0.3, -0.25) is 4.68 Å². The number of nitrogens with one attached hydrogen (secondary N) is 1. The zero-order valence-corrected chi connectivity index (χ0v) is 12.0. The molecule has 3 N–H and O–H groups in total. The van der Waals surface area contributed by atoms with E-state index in [4.69, 9.17) is 10.5 Å². The lowest BCUT2D eigenvalue weighted by atomic mass is 10.4. The second kappa shape index (κ2) is 6.23. The maximum absolute atomic E-state index is 5.98. The van der Waals surface area contributed by atoms with Gasteiger partial charge in [-0.25, -0.2) is 4.98 Å². The summed E-state index contributed by atoms with van der Waals surface area (Å²) in [6.45, 7) is 7.26. The quantitative estimate of drug-likeness (QED) is 0.830. The van der Waals surface area contributed by atoms with E-state index in [0.717, 1.165) is 12.1 Å². The van der Waals surface area contributed by atoms with Crippen molar-refractivity contribution >= 4 is 11.5 Å². The summed E-state index contributed by atoms with van der Waals surface area (Å²) in [5, 5.41) is 7.38. The molecule has 7 heteroatoms. The number of nitrogens with two attached hydrogens (primary N) is 1. The van der Waals surface area contributed by atoms with Crippen molar-refractivity contribution < 1.29 is 4.74 Å². The van der Waals surface area contributed by atoms with Gasteiger partial charge in [-0.2, -0.15) is 10.1 Å². The number of ether oxygens (including phenoxy) is 1. The molecule has 2 heterocycles. The van der Waals surface area contributed by atoms with Gasteiger partial charge in [-0.1, -0.05) is 0 Å². The number of hydrogen-bond donors (Lipinski definition) is 2. The van der Waals surface area contributed by atoms with Gasteiger partial charge in [0.2, 0.25) is 5.88 Å². The van der Waals surface area contributed by atoms with Crippen LogP contribution in [-0.4, -0.2) is 32.4 Å². The highest BCUT2D eigenvalue weighted by atomic mass is 16.5. The Labute approximate surface area is 118 Å². The van der Waals surface area contributed by atoms with Gasteiger partial charge in [0.05, 0.1) is 18.8 Å². The lowest BCUT2D eigenvalue weighted by Crippen LogP contribution is -2.15. The molecule has 0 atom stereocenters. The predicted molar refractivity (Wildman–Crippen MR) is 77.7 cm³/mol. The number of aromatic nitrogens is 4. The molecule has 0 fully saturated rings. The number of nitrogen functional groups attached to an aromatic ring is 1. The third-order valence-electron chi connectivity index (χ3n) is 2.59. The van der Waals surface area contributed by atoms with E-state index in [1.807, 2.05) is 37.8 Å². The standard InChI is InChI=1S/C13H20N6O/c1-9(2)20-13-11(14)12(16-8-17-13)15-4-5-19-7-10(3)6-18-19/h6-9H,4-5,14H2,1-3H3,(H,15,16,17). The van der Waals surface area contributed by atoms with Crippen LogP contribution in [0, 0.1) is 6.92 Å². The van der Waals surface area contributed by atoms with Crippen LogP contribution in [0.1, 0.15) is 19.4 Å². The molecule has 2 rings (SSSR count). The molecule has 0 aromatic carbocycles. The lowest BCUT2D eigenvalue weighted by molar-refractivity contribution is 0.234. The fraction of sp³-hybridized carbons (Fsp3) is 0.462. The second-order valence-electron chi connectivity index (χ2n) is 4.82. The van der Waals surface area contributed by atoms with E-state index in [-0.39, 0.29) is 6.10 Å². The van der Waals surface area contributed by atoms with Crippen molar-refractivity contribution in [3.05, 3.63) is 24.3 Å². The van der Waals surface area contributed by atoms with Gasteiger partial charge in [-0.05, 0) is 26.3 Å². The van der Waals surface area contributed by atoms with E-state index in [9.17, 15) is 0 Å². The molecule has 0 saturated carbocycles. The van der Waals surface area contributed by atoms with Crippen molar-refractivity contribution in [2.24, 2.45) is 0 Å². The normalized spacial score (nSPS) is 10.8. The van der Waals surface area contributed by atoms with Gasteiger partial charge < -0.3 is 15.8 Å². The van der Waals surface area contributed by atoms with E-state index >= 15 is 0 Å². The molecule has 7 nitrogen and oxygen atoms in total. The molecule has 108 valence electrons. The summed E-state index contributed by atoms with van der Waals surface area (Å²) in [6, 6.07) is 0. The van der Waals surface area contributed by atoms with Crippen LogP contribution >= 0.6 is 0 Å². The van der Waals surface area contributed by atoms with E-state index in [1.54, 1.807) is 0 Å². The van der Waals surface area contributed by atoms with Crippen LogP contribution in [-0.2, 0) is 6.54 Å². The average molecular weight is 276 g/mol. The van der Waals surface area contributed by atoms with Gasteiger partial charge in [0.1, 0.15) is 12.0 Å². The Balaban J connectivity index is 1.95. The van der Waals surface area contributed by atoms with Crippen LogP contribution in [0.15, 0.2) is 18.7 Å². The first-order chi connectivity index (χ1) is 9.56. The SMILES string of the molecule is Cc1cnn(CCNc2ncnc(OC(C)C)c2N)c1. The van der Waals surface area contributed by atoms with Crippen molar-refractivity contribution in [3.63, 3.8) is 0 Å². The minimum Gasteiger partial charge on any atom is -0.473 e. The van der Waals surface area contributed by atoms with E-state index in [1.165, 1.54) is 6.33 Å². The second-order valence-corrected chi connectivity index (χ2v) is 4.82. The molecule has 0 aliphatic carbocycles. The summed E-state index contributed by atoms with van der Waals surface area (Å²) in [6.07, 6.45) is 5.27. The number of rotatable bonds is 6. The van der Waals surface area contributed by atoms with Gasteiger partial charge in [0, 0.05) is 12.7 Å². The zero-order chi connectivity index (χ0) is 14.5. The summed E-state index contributed by atoms with van der Waals surface area (Å²) in [5.41, 5.74) is 7.55. The summed E-state index contributed by atoms with van der Waals surface area (Å²) in [4.78, 5) is 8.16. The Kier molecular flexibility index (Phi) is 4.39. The van der Waals surface area contributed by atoms with Crippen molar-refractivity contribution in [1.82, 2.24) is 19.7 Å². The first-order valence-electron chi connectivity index (χ1n) is 6.56. The monoisotopic (exact) mass is 276 g/mol. The van der Waals surface area contributed by atoms with E-state index < -0.39 is 0 Å². The van der Waals surface area contributed by atoms with Crippen molar-refractivity contribution in [1.29, 1.82) is 0 Å². The maximum Gasteiger partial charge on any atom is 0.242 e. The molecular formula is C13H20N6O. The Morgan fingerprint density at radius 3 is 2.85 bits per heavy atom. The highest BCUT2D eigenvalue weighted by Crippen LogP contribution is 2.25. The van der Waals surface area contributed by atoms with Gasteiger partial charge in [0.15, 0.2) is 5.82 Å². The summed E-state index contributed by atoms with van der Waals surface area (Å²) in [5.74, 6) is 0.993.